The Labute approximate surface area is 127 Å². The first-order valence-electron chi connectivity index (χ1n) is 7.66. The molecule has 116 valence electrons. The second kappa shape index (κ2) is 6.37. The Hall–Kier alpha value is -1.71. The molecule has 1 aromatic rings. The van der Waals surface area contributed by atoms with Gasteiger partial charge >= 0.3 is 6.09 Å². The third-order valence-electron chi connectivity index (χ3n) is 3.76. The van der Waals surface area contributed by atoms with Gasteiger partial charge in [0.15, 0.2) is 0 Å². The highest BCUT2D eigenvalue weighted by Gasteiger charge is 2.29. The van der Waals surface area contributed by atoms with Gasteiger partial charge in [-0.15, -0.1) is 0 Å². The maximum Gasteiger partial charge on any atom is 0.410 e. The summed E-state index contributed by atoms with van der Waals surface area (Å²) < 4.78 is 5.42. The number of likely N-dealkylation sites (tertiary alicyclic amines) is 1. The van der Waals surface area contributed by atoms with Crippen molar-refractivity contribution < 1.29 is 9.53 Å². The fraction of sp³-hybridized carbons (Fsp3) is 0.588. The van der Waals surface area contributed by atoms with Crippen molar-refractivity contribution in [2.45, 2.75) is 45.6 Å². The number of hydrogen-bond donors (Lipinski definition) is 1. The van der Waals surface area contributed by atoms with Gasteiger partial charge in [-0.3, -0.25) is 0 Å². The largest absolute Gasteiger partial charge is 0.444 e. The lowest BCUT2D eigenvalue weighted by atomic mass is 9.99. The van der Waals surface area contributed by atoms with Crippen LogP contribution in [-0.4, -0.2) is 29.7 Å². The van der Waals surface area contributed by atoms with Crippen LogP contribution in [0.3, 0.4) is 0 Å². The maximum atomic E-state index is 12.0. The third kappa shape index (κ3) is 4.96. The number of benzene rings is 1. The van der Waals surface area contributed by atoms with Gasteiger partial charge in [-0.05, 0) is 63.6 Å². The van der Waals surface area contributed by atoms with E-state index in [0.717, 1.165) is 38.0 Å². The number of hydrogen-bond acceptors (Lipinski definition) is 3. The van der Waals surface area contributed by atoms with Crippen LogP contribution < -0.4 is 5.73 Å². The van der Waals surface area contributed by atoms with Crippen LogP contribution in [0.15, 0.2) is 24.3 Å². The van der Waals surface area contributed by atoms with Gasteiger partial charge in [0.2, 0.25) is 0 Å². The summed E-state index contributed by atoms with van der Waals surface area (Å²) in [4.78, 5) is 13.8. The number of rotatable bonds is 3. The molecule has 0 aliphatic carbocycles. The molecule has 4 heteroatoms. The van der Waals surface area contributed by atoms with E-state index in [1.165, 1.54) is 5.56 Å². The van der Waals surface area contributed by atoms with Gasteiger partial charge in [-0.25, -0.2) is 4.79 Å². The Bertz CT molecular complexity index is 477. The summed E-state index contributed by atoms with van der Waals surface area (Å²) in [5.74, 6) is 0.565. The van der Waals surface area contributed by atoms with Crippen molar-refractivity contribution in [3.63, 3.8) is 0 Å². The molecule has 21 heavy (non-hydrogen) atoms. The van der Waals surface area contributed by atoms with Crippen molar-refractivity contribution in [3.8, 4) is 0 Å². The minimum atomic E-state index is -0.418. The monoisotopic (exact) mass is 290 g/mol. The molecule has 0 radical (unpaired) electrons. The summed E-state index contributed by atoms with van der Waals surface area (Å²) in [6.45, 7) is 7.32. The second-order valence-corrected chi connectivity index (χ2v) is 6.86. The standard InChI is InChI=1S/C17H26N2O2/c1-17(2,3)21-16(20)19-11-10-14(12-19)5-4-13-6-8-15(18)9-7-13/h6-9,14H,4-5,10-12,18H2,1-3H3/t14-/m0/s1. The van der Waals surface area contributed by atoms with Crippen LogP contribution in [0.25, 0.3) is 0 Å². The van der Waals surface area contributed by atoms with Crippen molar-refractivity contribution in [1.29, 1.82) is 0 Å². The van der Waals surface area contributed by atoms with Crippen LogP contribution in [0.5, 0.6) is 0 Å². The van der Waals surface area contributed by atoms with Gasteiger partial charge in [0.1, 0.15) is 5.60 Å². The van der Waals surface area contributed by atoms with E-state index >= 15 is 0 Å². The maximum absolute atomic E-state index is 12.0. The summed E-state index contributed by atoms with van der Waals surface area (Å²) in [5, 5.41) is 0. The van der Waals surface area contributed by atoms with Crippen molar-refractivity contribution in [3.05, 3.63) is 29.8 Å². The van der Waals surface area contributed by atoms with E-state index in [1.54, 1.807) is 0 Å². The predicted molar refractivity (Wildman–Crippen MR) is 85.1 cm³/mol. The molecule has 0 unspecified atom stereocenters. The molecule has 1 amide bonds. The van der Waals surface area contributed by atoms with Crippen LogP contribution in [0.4, 0.5) is 10.5 Å². The summed E-state index contributed by atoms with van der Waals surface area (Å²) in [5.41, 5.74) is 7.38. The summed E-state index contributed by atoms with van der Waals surface area (Å²) in [6.07, 6.45) is 3.02. The van der Waals surface area contributed by atoms with Gasteiger partial charge in [-0.2, -0.15) is 0 Å². The average molecular weight is 290 g/mol. The first kappa shape index (κ1) is 15.7. The molecule has 2 N–H and O–H groups in total. The molecule has 4 nitrogen and oxygen atoms in total. The third-order valence-corrected chi connectivity index (χ3v) is 3.76. The number of nitrogens with zero attached hydrogens (tertiary/aromatic N) is 1. The molecule has 1 heterocycles. The minimum absolute atomic E-state index is 0.183. The van der Waals surface area contributed by atoms with Gasteiger partial charge in [0.25, 0.3) is 0 Å². The van der Waals surface area contributed by atoms with E-state index in [-0.39, 0.29) is 6.09 Å². The zero-order valence-corrected chi connectivity index (χ0v) is 13.3. The molecule has 1 saturated heterocycles. The van der Waals surface area contributed by atoms with Gasteiger partial charge in [0, 0.05) is 18.8 Å². The van der Waals surface area contributed by atoms with E-state index in [9.17, 15) is 4.79 Å². The molecular weight excluding hydrogens is 264 g/mol. The Morgan fingerprint density at radius 2 is 2.00 bits per heavy atom. The molecular formula is C17H26N2O2. The highest BCUT2D eigenvalue weighted by atomic mass is 16.6. The van der Waals surface area contributed by atoms with E-state index in [2.05, 4.69) is 12.1 Å². The number of aryl methyl sites for hydroxylation is 1. The highest BCUT2D eigenvalue weighted by Crippen LogP contribution is 2.23. The summed E-state index contributed by atoms with van der Waals surface area (Å²) in [7, 11) is 0. The molecule has 1 atom stereocenters. The van der Waals surface area contributed by atoms with E-state index in [1.807, 2.05) is 37.8 Å². The normalized spacial score (nSPS) is 18.8. The number of amides is 1. The molecule has 2 rings (SSSR count). The molecule has 1 aliphatic heterocycles. The number of carbonyl (C=O) groups excluding carboxylic acids is 1. The molecule has 0 bridgehead atoms. The lowest BCUT2D eigenvalue weighted by molar-refractivity contribution is 0.0287. The van der Waals surface area contributed by atoms with Crippen LogP contribution in [-0.2, 0) is 11.2 Å². The molecule has 1 aliphatic rings. The smallest absolute Gasteiger partial charge is 0.410 e. The fourth-order valence-electron chi connectivity index (χ4n) is 2.62. The molecule has 0 saturated carbocycles. The zero-order chi connectivity index (χ0) is 15.5. The number of ether oxygens (including phenoxy) is 1. The topological polar surface area (TPSA) is 55.6 Å². The van der Waals surface area contributed by atoms with E-state index in [4.69, 9.17) is 10.5 Å². The van der Waals surface area contributed by atoms with Crippen LogP contribution in [0, 0.1) is 5.92 Å². The van der Waals surface area contributed by atoms with E-state index < -0.39 is 5.60 Å². The molecule has 1 aromatic carbocycles. The molecule has 0 spiro atoms. The lowest BCUT2D eigenvalue weighted by Crippen LogP contribution is -2.35. The second-order valence-electron chi connectivity index (χ2n) is 6.86. The van der Waals surface area contributed by atoms with Crippen LogP contribution in [0.2, 0.25) is 0 Å². The quantitative estimate of drug-likeness (QED) is 0.867. The first-order chi connectivity index (χ1) is 9.83. The van der Waals surface area contributed by atoms with Crippen molar-refractivity contribution in [2.24, 2.45) is 5.92 Å². The Morgan fingerprint density at radius 3 is 2.62 bits per heavy atom. The number of nitrogens with two attached hydrogens (primary N) is 1. The van der Waals surface area contributed by atoms with Crippen molar-refractivity contribution in [2.75, 3.05) is 18.8 Å². The van der Waals surface area contributed by atoms with Crippen molar-refractivity contribution >= 4 is 11.8 Å². The Kier molecular flexibility index (Phi) is 4.76. The van der Waals surface area contributed by atoms with E-state index in [0.29, 0.717) is 5.92 Å². The highest BCUT2D eigenvalue weighted by molar-refractivity contribution is 5.68. The Morgan fingerprint density at radius 1 is 1.33 bits per heavy atom. The van der Waals surface area contributed by atoms with Crippen LogP contribution in [0.1, 0.15) is 39.2 Å². The number of nitrogen functional groups attached to an aromatic ring is 1. The number of carbonyl (C=O) groups is 1. The Balaban J connectivity index is 1.77. The SMILES string of the molecule is CC(C)(C)OC(=O)N1CC[C@H](CCc2ccc(N)cc2)C1. The average Bonchev–Trinajstić information content (AvgIpc) is 2.85. The lowest BCUT2D eigenvalue weighted by Gasteiger charge is -2.24. The first-order valence-corrected chi connectivity index (χ1v) is 7.66. The molecule has 1 fully saturated rings. The van der Waals surface area contributed by atoms with Crippen LogP contribution >= 0.6 is 0 Å². The van der Waals surface area contributed by atoms with Gasteiger partial charge in [-0.1, -0.05) is 12.1 Å². The summed E-state index contributed by atoms with van der Waals surface area (Å²) in [6, 6.07) is 8.04. The summed E-state index contributed by atoms with van der Waals surface area (Å²) >= 11 is 0. The fourth-order valence-corrected chi connectivity index (χ4v) is 2.62. The van der Waals surface area contributed by atoms with Gasteiger partial charge in [0.05, 0.1) is 0 Å². The number of anilines is 1. The molecule has 0 aromatic heterocycles. The zero-order valence-electron chi connectivity index (χ0n) is 13.3. The predicted octanol–water partition coefficient (Wildman–Crippen LogP) is 3.46. The van der Waals surface area contributed by atoms with Gasteiger partial charge < -0.3 is 15.4 Å². The van der Waals surface area contributed by atoms with Crippen molar-refractivity contribution in [1.82, 2.24) is 4.90 Å². The minimum Gasteiger partial charge on any atom is -0.444 e.